The number of hydrogen-bond acceptors (Lipinski definition) is 3. The molecule has 2 aromatic rings. The van der Waals surface area contributed by atoms with E-state index in [1.165, 1.54) is 0 Å². The van der Waals surface area contributed by atoms with Crippen LogP contribution >= 0.6 is 28.1 Å². The van der Waals surface area contributed by atoms with E-state index in [9.17, 15) is 0 Å². The van der Waals surface area contributed by atoms with Gasteiger partial charge in [0.2, 0.25) is 0 Å². The number of ether oxygens (including phenoxy) is 1. The van der Waals surface area contributed by atoms with E-state index in [-0.39, 0.29) is 6.10 Å². The van der Waals surface area contributed by atoms with Crippen LogP contribution in [-0.4, -0.2) is 14.8 Å². The molecule has 0 aliphatic carbocycles. The summed E-state index contributed by atoms with van der Waals surface area (Å²) >= 11 is 8.44. The van der Waals surface area contributed by atoms with Gasteiger partial charge in [0.05, 0.1) is 0 Å². The third kappa shape index (κ3) is 2.76. The largest absolute Gasteiger partial charge is 0.483 e. The summed E-state index contributed by atoms with van der Waals surface area (Å²) in [6, 6.07) is 7.68. The van der Waals surface area contributed by atoms with Crippen LogP contribution in [0.4, 0.5) is 0 Å². The Balaban J connectivity index is 2.17. The lowest BCUT2D eigenvalue weighted by atomic mass is 10.3. The van der Waals surface area contributed by atoms with Crippen molar-refractivity contribution in [3.63, 3.8) is 0 Å². The highest BCUT2D eigenvalue weighted by Gasteiger charge is 2.13. The normalized spacial score (nSPS) is 12.4. The summed E-state index contributed by atoms with van der Waals surface area (Å²) < 4.78 is 9.20. The van der Waals surface area contributed by atoms with Gasteiger partial charge in [0.25, 0.3) is 0 Å². The van der Waals surface area contributed by atoms with Crippen LogP contribution in [0.5, 0.6) is 5.75 Å². The molecule has 2 rings (SSSR count). The highest BCUT2D eigenvalue weighted by atomic mass is 79.9. The Bertz CT molecular complexity index is 561. The number of rotatable bonds is 3. The summed E-state index contributed by atoms with van der Waals surface area (Å²) in [5.41, 5.74) is 0. The smallest absolute Gasteiger partial charge is 0.195 e. The third-order valence-electron chi connectivity index (χ3n) is 2.40. The van der Waals surface area contributed by atoms with Gasteiger partial charge in [-0.1, -0.05) is 15.9 Å². The molecule has 0 fully saturated rings. The highest BCUT2D eigenvalue weighted by molar-refractivity contribution is 9.10. The van der Waals surface area contributed by atoms with Crippen LogP contribution in [0.2, 0.25) is 0 Å². The molecule has 1 aromatic carbocycles. The lowest BCUT2D eigenvalue weighted by Gasteiger charge is -2.13. The minimum absolute atomic E-state index is 0.158. The quantitative estimate of drug-likeness (QED) is 0.883. The van der Waals surface area contributed by atoms with Gasteiger partial charge in [-0.25, -0.2) is 0 Å². The predicted molar refractivity (Wildman–Crippen MR) is 71.6 cm³/mol. The first-order chi connectivity index (χ1) is 8.08. The average Bonchev–Trinajstić information content (AvgIpc) is 2.63. The molecular formula is C11H12BrN3OS. The number of aromatic amines is 1. The summed E-state index contributed by atoms with van der Waals surface area (Å²) in [5.74, 6) is 1.58. The van der Waals surface area contributed by atoms with E-state index in [2.05, 4.69) is 26.1 Å². The van der Waals surface area contributed by atoms with Crippen molar-refractivity contribution in [1.82, 2.24) is 14.8 Å². The number of H-pyrrole nitrogens is 1. The predicted octanol–water partition coefficient (Wildman–Crippen LogP) is 3.38. The van der Waals surface area contributed by atoms with Crippen LogP contribution in [0.1, 0.15) is 18.9 Å². The Morgan fingerprint density at radius 3 is 2.59 bits per heavy atom. The van der Waals surface area contributed by atoms with Gasteiger partial charge >= 0.3 is 0 Å². The molecule has 0 spiro atoms. The van der Waals surface area contributed by atoms with Crippen molar-refractivity contribution in [2.45, 2.75) is 13.0 Å². The highest BCUT2D eigenvalue weighted by Crippen LogP contribution is 2.22. The second-order valence-electron chi connectivity index (χ2n) is 3.66. The fourth-order valence-corrected chi connectivity index (χ4v) is 1.90. The zero-order chi connectivity index (χ0) is 12.4. The molecule has 1 atom stereocenters. The van der Waals surface area contributed by atoms with Crippen LogP contribution < -0.4 is 4.74 Å². The molecule has 1 N–H and O–H groups in total. The lowest BCUT2D eigenvalue weighted by Crippen LogP contribution is -2.09. The zero-order valence-corrected chi connectivity index (χ0v) is 11.9. The first-order valence-electron chi connectivity index (χ1n) is 5.11. The van der Waals surface area contributed by atoms with Crippen LogP contribution in [0.3, 0.4) is 0 Å². The van der Waals surface area contributed by atoms with Gasteiger partial charge in [-0.05, 0) is 43.4 Å². The Labute approximate surface area is 113 Å². The second kappa shape index (κ2) is 5.01. The maximum Gasteiger partial charge on any atom is 0.195 e. The van der Waals surface area contributed by atoms with E-state index >= 15 is 0 Å². The summed E-state index contributed by atoms with van der Waals surface area (Å²) in [4.78, 5) is 0. The first-order valence-corrected chi connectivity index (χ1v) is 6.31. The van der Waals surface area contributed by atoms with E-state index in [1.54, 1.807) is 4.57 Å². The lowest BCUT2D eigenvalue weighted by molar-refractivity contribution is 0.212. The molecule has 0 unspecified atom stereocenters. The van der Waals surface area contributed by atoms with Gasteiger partial charge in [0.1, 0.15) is 5.75 Å². The Kier molecular flexibility index (Phi) is 3.63. The monoisotopic (exact) mass is 313 g/mol. The molecule has 0 aliphatic heterocycles. The summed E-state index contributed by atoms with van der Waals surface area (Å²) in [6.07, 6.45) is -0.158. The molecule has 0 saturated carbocycles. The van der Waals surface area contributed by atoms with Crippen molar-refractivity contribution in [2.75, 3.05) is 0 Å². The maximum atomic E-state index is 5.78. The standard InChI is InChI=1S/C11H12BrN3OS/c1-7(10-13-14-11(17)15(10)2)16-9-5-3-8(12)4-6-9/h3-7H,1-2H3,(H,14,17)/t7-/m0/s1. The van der Waals surface area contributed by atoms with E-state index < -0.39 is 0 Å². The fraction of sp³-hybridized carbons (Fsp3) is 0.273. The summed E-state index contributed by atoms with van der Waals surface area (Å²) in [7, 11) is 1.86. The van der Waals surface area contributed by atoms with Crippen LogP contribution in [0.15, 0.2) is 28.7 Å². The van der Waals surface area contributed by atoms with E-state index in [0.29, 0.717) is 4.77 Å². The Morgan fingerprint density at radius 2 is 2.06 bits per heavy atom. The average molecular weight is 314 g/mol. The van der Waals surface area contributed by atoms with Gasteiger partial charge in [-0.3, -0.25) is 5.10 Å². The second-order valence-corrected chi connectivity index (χ2v) is 4.96. The molecular weight excluding hydrogens is 302 g/mol. The van der Waals surface area contributed by atoms with Crippen LogP contribution in [-0.2, 0) is 7.05 Å². The molecule has 4 nitrogen and oxygen atoms in total. The number of halogens is 1. The maximum absolute atomic E-state index is 5.78. The zero-order valence-electron chi connectivity index (χ0n) is 9.48. The Hall–Kier alpha value is -1.14. The first kappa shape index (κ1) is 12.3. The minimum atomic E-state index is -0.158. The minimum Gasteiger partial charge on any atom is -0.483 e. The molecule has 0 aliphatic rings. The van der Waals surface area contributed by atoms with Crippen molar-refractivity contribution < 1.29 is 4.74 Å². The molecule has 1 heterocycles. The van der Waals surface area contributed by atoms with Gasteiger partial charge in [-0.15, -0.1) is 0 Å². The van der Waals surface area contributed by atoms with E-state index in [1.807, 2.05) is 38.2 Å². The number of aromatic nitrogens is 3. The molecule has 1 aromatic heterocycles. The van der Waals surface area contributed by atoms with Gasteiger partial charge in [0.15, 0.2) is 16.7 Å². The summed E-state index contributed by atoms with van der Waals surface area (Å²) in [5, 5.41) is 6.88. The van der Waals surface area contributed by atoms with E-state index in [0.717, 1.165) is 16.0 Å². The molecule has 0 radical (unpaired) electrons. The molecule has 0 bridgehead atoms. The molecule has 17 heavy (non-hydrogen) atoms. The van der Waals surface area contributed by atoms with Gasteiger partial charge in [0, 0.05) is 11.5 Å². The number of nitrogens with one attached hydrogen (secondary N) is 1. The topological polar surface area (TPSA) is 42.8 Å². The van der Waals surface area contributed by atoms with E-state index in [4.69, 9.17) is 17.0 Å². The summed E-state index contributed by atoms with van der Waals surface area (Å²) in [6.45, 7) is 1.94. The SMILES string of the molecule is C[C@H](Oc1ccc(Br)cc1)c1n[nH]c(=S)n1C. The molecule has 90 valence electrons. The van der Waals surface area contributed by atoms with Gasteiger partial charge in [-0.2, -0.15) is 5.10 Å². The number of hydrogen-bond donors (Lipinski definition) is 1. The molecule has 0 amide bonds. The fourth-order valence-electron chi connectivity index (χ4n) is 1.49. The van der Waals surface area contributed by atoms with Crippen molar-refractivity contribution >= 4 is 28.1 Å². The van der Waals surface area contributed by atoms with Crippen LogP contribution in [0.25, 0.3) is 0 Å². The van der Waals surface area contributed by atoms with Crippen molar-refractivity contribution in [3.8, 4) is 5.75 Å². The van der Waals surface area contributed by atoms with Crippen LogP contribution in [0, 0.1) is 4.77 Å². The molecule has 6 heteroatoms. The Morgan fingerprint density at radius 1 is 1.41 bits per heavy atom. The number of benzene rings is 1. The van der Waals surface area contributed by atoms with Crippen molar-refractivity contribution in [1.29, 1.82) is 0 Å². The molecule has 0 saturated heterocycles. The van der Waals surface area contributed by atoms with Gasteiger partial charge < -0.3 is 9.30 Å². The third-order valence-corrected chi connectivity index (χ3v) is 3.30. The van der Waals surface area contributed by atoms with Crippen molar-refractivity contribution in [2.24, 2.45) is 7.05 Å². The number of nitrogens with zero attached hydrogens (tertiary/aromatic N) is 2. The van der Waals surface area contributed by atoms with Crippen molar-refractivity contribution in [3.05, 3.63) is 39.3 Å².